The lowest BCUT2D eigenvalue weighted by Crippen LogP contribution is -2.00. The second-order valence-electron chi connectivity index (χ2n) is 5.15. The van der Waals surface area contributed by atoms with E-state index in [0.717, 1.165) is 29.7 Å². The Kier molecular flexibility index (Phi) is 3.18. The molecule has 0 saturated heterocycles. The van der Waals surface area contributed by atoms with Crippen LogP contribution in [0.1, 0.15) is 43.0 Å². The molecule has 102 valence electrons. The van der Waals surface area contributed by atoms with Crippen molar-refractivity contribution in [3.63, 3.8) is 0 Å². The molecule has 1 unspecified atom stereocenters. The van der Waals surface area contributed by atoms with Gasteiger partial charge in [0.05, 0.1) is 17.4 Å². The molecular weight excluding hydrogens is 252 g/mol. The summed E-state index contributed by atoms with van der Waals surface area (Å²) in [7, 11) is 0. The molecule has 0 N–H and O–H groups in total. The van der Waals surface area contributed by atoms with Gasteiger partial charge >= 0.3 is 0 Å². The number of hydrogen-bond acceptors (Lipinski definition) is 4. The van der Waals surface area contributed by atoms with Crippen LogP contribution in [0, 0.1) is 5.92 Å². The summed E-state index contributed by atoms with van der Waals surface area (Å²) in [4.78, 5) is 24.8. The average molecular weight is 268 g/mol. The SMILES string of the molecule is CC(=O)c1nc(C2=CCC(C)CC=N2)c2cnccn12. The predicted octanol–water partition coefficient (Wildman–Crippen LogP) is 2.77. The first-order valence-corrected chi connectivity index (χ1v) is 6.73. The van der Waals surface area contributed by atoms with Gasteiger partial charge in [-0.05, 0) is 18.8 Å². The topological polar surface area (TPSA) is 59.6 Å². The molecule has 5 nitrogen and oxygen atoms in total. The smallest absolute Gasteiger partial charge is 0.195 e. The van der Waals surface area contributed by atoms with Crippen LogP contribution in [0.5, 0.6) is 0 Å². The highest BCUT2D eigenvalue weighted by atomic mass is 16.1. The molecule has 20 heavy (non-hydrogen) atoms. The van der Waals surface area contributed by atoms with Crippen LogP contribution in [0.25, 0.3) is 11.2 Å². The van der Waals surface area contributed by atoms with Crippen LogP contribution < -0.4 is 0 Å². The highest BCUT2D eigenvalue weighted by molar-refractivity contribution is 5.93. The van der Waals surface area contributed by atoms with Crippen LogP contribution in [0.4, 0.5) is 0 Å². The molecule has 3 rings (SSSR count). The van der Waals surface area contributed by atoms with E-state index in [9.17, 15) is 4.79 Å². The van der Waals surface area contributed by atoms with Gasteiger partial charge in [-0.3, -0.25) is 19.2 Å². The molecule has 0 radical (unpaired) electrons. The van der Waals surface area contributed by atoms with E-state index in [-0.39, 0.29) is 5.78 Å². The molecule has 2 aromatic heterocycles. The van der Waals surface area contributed by atoms with Gasteiger partial charge in [-0.2, -0.15) is 0 Å². The van der Waals surface area contributed by atoms with Gasteiger partial charge in [0.15, 0.2) is 11.6 Å². The standard InChI is InChI=1S/C15H16N4O/c1-10-3-4-12(17-6-5-10)14-13-9-16-7-8-19(13)15(18-14)11(2)20/h4,6-10H,3,5H2,1-2H3. The fourth-order valence-electron chi connectivity index (χ4n) is 2.33. The van der Waals surface area contributed by atoms with Crippen LogP contribution in [0.2, 0.25) is 0 Å². The number of nitrogens with zero attached hydrogens (tertiary/aromatic N) is 4. The molecule has 0 aromatic carbocycles. The summed E-state index contributed by atoms with van der Waals surface area (Å²) in [6, 6.07) is 0. The van der Waals surface area contributed by atoms with Crippen LogP contribution in [-0.2, 0) is 0 Å². The van der Waals surface area contributed by atoms with Gasteiger partial charge in [-0.1, -0.05) is 13.0 Å². The maximum atomic E-state index is 11.7. The Morgan fingerprint density at radius 3 is 3.05 bits per heavy atom. The lowest BCUT2D eigenvalue weighted by Gasteiger charge is -2.00. The minimum absolute atomic E-state index is 0.0657. The number of carbonyl (C=O) groups is 1. The second-order valence-corrected chi connectivity index (χ2v) is 5.15. The highest BCUT2D eigenvalue weighted by Gasteiger charge is 2.17. The fourth-order valence-corrected chi connectivity index (χ4v) is 2.33. The third-order valence-electron chi connectivity index (χ3n) is 3.46. The van der Waals surface area contributed by atoms with Crippen molar-refractivity contribution in [2.45, 2.75) is 26.7 Å². The number of fused-ring (bicyclic) bond motifs is 1. The first-order valence-electron chi connectivity index (χ1n) is 6.73. The monoisotopic (exact) mass is 268 g/mol. The van der Waals surface area contributed by atoms with Gasteiger partial charge in [0.1, 0.15) is 5.69 Å². The molecule has 3 heterocycles. The van der Waals surface area contributed by atoms with E-state index < -0.39 is 0 Å². The Labute approximate surface area is 117 Å². The van der Waals surface area contributed by atoms with Crippen molar-refractivity contribution in [1.29, 1.82) is 0 Å². The fraction of sp³-hybridized carbons (Fsp3) is 0.333. The summed E-state index contributed by atoms with van der Waals surface area (Å²) in [6.07, 6.45) is 11.1. The zero-order valence-electron chi connectivity index (χ0n) is 11.6. The van der Waals surface area contributed by atoms with E-state index in [1.165, 1.54) is 6.92 Å². The Hall–Kier alpha value is -2.30. The minimum atomic E-state index is -0.0657. The number of aliphatic imine (C=N–C) groups is 1. The first kappa shape index (κ1) is 12.7. The highest BCUT2D eigenvalue weighted by Crippen LogP contribution is 2.25. The molecule has 0 fully saturated rings. The van der Waals surface area contributed by atoms with Crippen molar-refractivity contribution in [2.24, 2.45) is 10.9 Å². The molecule has 0 spiro atoms. The van der Waals surface area contributed by atoms with Gasteiger partial charge in [0.25, 0.3) is 0 Å². The van der Waals surface area contributed by atoms with Crippen molar-refractivity contribution in [3.8, 4) is 0 Å². The van der Waals surface area contributed by atoms with Crippen LogP contribution >= 0.6 is 0 Å². The molecule has 1 aliphatic rings. The van der Waals surface area contributed by atoms with Crippen molar-refractivity contribution in [3.05, 3.63) is 36.2 Å². The van der Waals surface area contributed by atoms with E-state index in [1.807, 2.05) is 6.21 Å². The van der Waals surface area contributed by atoms with Gasteiger partial charge in [0, 0.05) is 25.5 Å². The molecule has 0 amide bonds. The molecule has 1 aliphatic heterocycles. The van der Waals surface area contributed by atoms with E-state index in [2.05, 4.69) is 28.0 Å². The Morgan fingerprint density at radius 1 is 1.40 bits per heavy atom. The van der Waals surface area contributed by atoms with E-state index in [1.54, 1.807) is 23.0 Å². The third kappa shape index (κ3) is 2.15. The largest absolute Gasteiger partial charge is 0.294 e. The zero-order valence-corrected chi connectivity index (χ0v) is 11.6. The lowest BCUT2D eigenvalue weighted by molar-refractivity contribution is 0.100. The van der Waals surface area contributed by atoms with Crippen LogP contribution in [-0.4, -0.2) is 26.4 Å². The average Bonchev–Trinajstić information content (AvgIpc) is 2.69. The second kappa shape index (κ2) is 5.00. The zero-order chi connectivity index (χ0) is 14.1. The lowest BCUT2D eigenvalue weighted by atomic mass is 10.1. The van der Waals surface area contributed by atoms with Crippen molar-refractivity contribution in [1.82, 2.24) is 14.4 Å². The number of ketones is 1. The van der Waals surface area contributed by atoms with Crippen LogP contribution in [0.15, 0.2) is 29.7 Å². The first-order chi connectivity index (χ1) is 9.66. The molecule has 5 heteroatoms. The molecule has 1 atom stereocenters. The summed E-state index contributed by atoms with van der Waals surface area (Å²) in [5, 5.41) is 0. The number of rotatable bonds is 2. The Bertz CT molecular complexity index is 727. The number of allylic oxidation sites excluding steroid dienone is 1. The quantitative estimate of drug-likeness (QED) is 0.787. The van der Waals surface area contributed by atoms with Crippen LogP contribution in [0.3, 0.4) is 0 Å². The van der Waals surface area contributed by atoms with Gasteiger partial charge in [-0.25, -0.2) is 4.98 Å². The molecule has 2 aromatic rings. The van der Waals surface area contributed by atoms with Gasteiger partial charge in [-0.15, -0.1) is 0 Å². The maximum absolute atomic E-state index is 11.7. The van der Waals surface area contributed by atoms with E-state index >= 15 is 0 Å². The summed E-state index contributed by atoms with van der Waals surface area (Å²) >= 11 is 0. The number of carbonyl (C=O) groups excluding carboxylic acids is 1. The summed E-state index contributed by atoms with van der Waals surface area (Å²) in [5.41, 5.74) is 2.37. The number of imidazole rings is 1. The summed E-state index contributed by atoms with van der Waals surface area (Å²) in [6.45, 7) is 3.71. The summed E-state index contributed by atoms with van der Waals surface area (Å²) in [5.74, 6) is 0.936. The third-order valence-corrected chi connectivity index (χ3v) is 3.46. The summed E-state index contributed by atoms with van der Waals surface area (Å²) < 4.78 is 1.77. The predicted molar refractivity (Wildman–Crippen MR) is 77.9 cm³/mol. The molecule has 0 aliphatic carbocycles. The Morgan fingerprint density at radius 2 is 2.25 bits per heavy atom. The number of aromatic nitrogens is 3. The number of Topliss-reactive ketones (excluding diaryl/α,β-unsaturated/α-hetero) is 1. The molecule has 0 saturated carbocycles. The van der Waals surface area contributed by atoms with E-state index in [0.29, 0.717) is 11.7 Å². The number of hydrogen-bond donors (Lipinski definition) is 0. The molecule has 0 bridgehead atoms. The maximum Gasteiger partial charge on any atom is 0.195 e. The van der Waals surface area contributed by atoms with Gasteiger partial charge < -0.3 is 0 Å². The van der Waals surface area contributed by atoms with E-state index in [4.69, 9.17) is 0 Å². The normalized spacial score (nSPS) is 18.9. The van der Waals surface area contributed by atoms with Gasteiger partial charge in [0.2, 0.25) is 0 Å². The molecular formula is C15H16N4O. The minimum Gasteiger partial charge on any atom is -0.294 e. The van der Waals surface area contributed by atoms with Crippen molar-refractivity contribution in [2.75, 3.05) is 0 Å². The Balaban J connectivity index is 2.19. The van der Waals surface area contributed by atoms with Crippen molar-refractivity contribution >= 4 is 23.2 Å². The van der Waals surface area contributed by atoms with Crippen molar-refractivity contribution < 1.29 is 4.79 Å².